The molecule has 1 aromatic heterocycles. The molecule has 1 aromatic carbocycles. The number of nitrogens with zero attached hydrogens (tertiary/aromatic N) is 1. The van der Waals surface area contributed by atoms with E-state index >= 15 is 0 Å². The first-order valence-electron chi connectivity index (χ1n) is 6.46. The predicted molar refractivity (Wildman–Crippen MR) is 72.3 cm³/mol. The molecule has 19 heavy (non-hydrogen) atoms. The molecule has 3 rings (SSSR count). The maximum absolute atomic E-state index is 10.8. The summed E-state index contributed by atoms with van der Waals surface area (Å²) in [6, 6.07) is 8.23. The van der Waals surface area contributed by atoms with E-state index in [2.05, 4.69) is 22.9 Å². The Labute approximate surface area is 111 Å². The van der Waals surface area contributed by atoms with Crippen LogP contribution in [0.15, 0.2) is 30.5 Å². The van der Waals surface area contributed by atoms with Crippen LogP contribution in [-0.4, -0.2) is 28.9 Å². The number of para-hydroxylation sites is 1. The lowest BCUT2D eigenvalue weighted by molar-refractivity contribution is -0.139. The van der Waals surface area contributed by atoms with Gasteiger partial charge in [-0.05, 0) is 18.1 Å². The molecule has 4 nitrogen and oxygen atoms in total. The molecule has 0 aliphatic carbocycles. The van der Waals surface area contributed by atoms with Crippen LogP contribution in [0, 0.1) is 0 Å². The molecule has 2 heterocycles. The molecule has 1 saturated heterocycles. The molecule has 2 aromatic rings. The average molecular weight is 259 g/mol. The first kappa shape index (κ1) is 12.2. The topological polar surface area (TPSA) is 51.5 Å². The van der Waals surface area contributed by atoms with Crippen molar-refractivity contribution in [2.75, 3.05) is 13.2 Å². The highest BCUT2D eigenvalue weighted by Gasteiger charge is 2.42. The van der Waals surface area contributed by atoms with Crippen LogP contribution in [0.1, 0.15) is 18.4 Å². The van der Waals surface area contributed by atoms with Crippen LogP contribution in [0.4, 0.5) is 0 Å². The van der Waals surface area contributed by atoms with Gasteiger partial charge in [0.25, 0.3) is 0 Å². The fourth-order valence-corrected chi connectivity index (χ4v) is 2.89. The van der Waals surface area contributed by atoms with Gasteiger partial charge in [0.1, 0.15) is 0 Å². The standard InChI is InChI=1S/C15H17NO3/c1-16-8-12(11-4-2-3-5-13(11)16)15(9-19-10-15)7-6-14(17)18/h2-5,8H,6-7,9-10H2,1H3,(H,17,18). The molecule has 0 unspecified atom stereocenters. The molecule has 0 atom stereocenters. The Morgan fingerprint density at radius 3 is 2.79 bits per heavy atom. The fourth-order valence-electron chi connectivity index (χ4n) is 2.89. The minimum absolute atomic E-state index is 0.126. The zero-order chi connectivity index (χ0) is 13.5. The van der Waals surface area contributed by atoms with Crippen LogP contribution in [0.3, 0.4) is 0 Å². The molecule has 1 N–H and O–H groups in total. The Hall–Kier alpha value is -1.81. The summed E-state index contributed by atoms with van der Waals surface area (Å²) < 4.78 is 7.48. The number of fused-ring (bicyclic) bond motifs is 1. The summed E-state index contributed by atoms with van der Waals surface area (Å²) in [6.45, 7) is 1.24. The molecule has 0 bridgehead atoms. The zero-order valence-corrected chi connectivity index (χ0v) is 10.9. The lowest BCUT2D eigenvalue weighted by Gasteiger charge is -2.41. The lowest BCUT2D eigenvalue weighted by Crippen LogP contribution is -2.47. The van der Waals surface area contributed by atoms with Crippen molar-refractivity contribution in [1.29, 1.82) is 0 Å². The Morgan fingerprint density at radius 1 is 1.42 bits per heavy atom. The molecule has 1 aliphatic heterocycles. The van der Waals surface area contributed by atoms with Gasteiger partial charge in [-0.25, -0.2) is 0 Å². The van der Waals surface area contributed by atoms with Crippen LogP contribution < -0.4 is 0 Å². The second-order valence-corrected chi connectivity index (χ2v) is 5.34. The minimum atomic E-state index is -0.744. The number of benzene rings is 1. The first-order chi connectivity index (χ1) is 9.12. The summed E-state index contributed by atoms with van der Waals surface area (Å²) in [4.78, 5) is 10.8. The van der Waals surface area contributed by atoms with Crippen molar-refractivity contribution in [1.82, 2.24) is 4.57 Å². The Morgan fingerprint density at radius 2 is 2.16 bits per heavy atom. The van der Waals surface area contributed by atoms with Gasteiger partial charge >= 0.3 is 5.97 Å². The molecule has 1 aliphatic rings. The van der Waals surface area contributed by atoms with Crippen LogP contribution in [0.25, 0.3) is 10.9 Å². The summed E-state index contributed by atoms with van der Waals surface area (Å²) >= 11 is 0. The van der Waals surface area contributed by atoms with Gasteiger partial charge in [0.2, 0.25) is 0 Å². The van der Waals surface area contributed by atoms with Gasteiger partial charge in [0.05, 0.1) is 13.2 Å². The van der Waals surface area contributed by atoms with E-state index in [-0.39, 0.29) is 11.8 Å². The number of hydrogen-bond donors (Lipinski definition) is 1. The summed E-state index contributed by atoms with van der Waals surface area (Å²) in [6.07, 6.45) is 2.94. The van der Waals surface area contributed by atoms with Gasteiger partial charge < -0.3 is 14.4 Å². The number of aryl methyl sites for hydroxylation is 1. The molecule has 0 saturated carbocycles. The number of carboxylic acids is 1. The third kappa shape index (κ3) is 1.92. The van der Waals surface area contributed by atoms with Crippen LogP contribution in [0.5, 0.6) is 0 Å². The summed E-state index contributed by atoms with van der Waals surface area (Å²) in [5, 5.41) is 10.1. The lowest BCUT2D eigenvalue weighted by atomic mass is 9.75. The SMILES string of the molecule is Cn1cc(C2(CCC(=O)O)COC2)c2ccccc21. The van der Waals surface area contributed by atoms with Gasteiger partial charge in [-0.2, -0.15) is 0 Å². The third-order valence-electron chi connectivity index (χ3n) is 4.04. The van der Waals surface area contributed by atoms with Crippen LogP contribution in [0.2, 0.25) is 0 Å². The molecule has 4 heteroatoms. The number of carbonyl (C=O) groups is 1. The molecule has 1 fully saturated rings. The van der Waals surface area contributed by atoms with Crippen molar-refractivity contribution in [3.8, 4) is 0 Å². The third-order valence-corrected chi connectivity index (χ3v) is 4.04. The second kappa shape index (κ2) is 4.38. The maximum atomic E-state index is 10.8. The van der Waals surface area contributed by atoms with Crippen molar-refractivity contribution in [3.63, 3.8) is 0 Å². The maximum Gasteiger partial charge on any atom is 0.303 e. The van der Waals surface area contributed by atoms with E-state index in [9.17, 15) is 4.79 Å². The number of rotatable bonds is 4. The fraction of sp³-hybridized carbons (Fsp3) is 0.400. The second-order valence-electron chi connectivity index (χ2n) is 5.34. The van der Waals surface area contributed by atoms with Gasteiger partial charge in [-0.1, -0.05) is 18.2 Å². The molecular formula is C15H17NO3. The van der Waals surface area contributed by atoms with Gasteiger partial charge in [-0.3, -0.25) is 4.79 Å². The Balaban J connectivity index is 2.04. The van der Waals surface area contributed by atoms with E-state index in [4.69, 9.17) is 9.84 Å². The van der Waals surface area contributed by atoms with E-state index in [1.807, 2.05) is 19.2 Å². The Kier molecular flexibility index (Phi) is 2.82. The van der Waals surface area contributed by atoms with E-state index in [1.165, 1.54) is 16.5 Å². The highest BCUT2D eigenvalue weighted by Crippen LogP contribution is 2.41. The van der Waals surface area contributed by atoms with Gasteiger partial charge in [0, 0.05) is 36.0 Å². The van der Waals surface area contributed by atoms with Crippen molar-refractivity contribution in [2.45, 2.75) is 18.3 Å². The highest BCUT2D eigenvalue weighted by atomic mass is 16.5. The van der Waals surface area contributed by atoms with Crippen LogP contribution in [-0.2, 0) is 22.0 Å². The summed E-state index contributed by atoms with van der Waals surface area (Å²) in [5.41, 5.74) is 2.27. The predicted octanol–water partition coefficient (Wildman–Crippen LogP) is 2.31. The van der Waals surface area contributed by atoms with E-state index in [0.717, 1.165) is 0 Å². The molecular weight excluding hydrogens is 242 g/mol. The number of hydrogen-bond acceptors (Lipinski definition) is 2. The Bertz CT molecular complexity index is 625. The monoisotopic (exact) mass is 259 g/mol. The normalized spacial score (nSPS) is 17.3. The van der Waals surface area contributed by atoms with E-state index in [0.29, 0.717) is 19.6 Å². The largest absolute Gasteiger partial charge is 0.481 e. The number of aliphatic carboxylic acids is 1. The van der Waals surface area contributed by atoms with E-state index < -0.39 is 5.97 Å². The zero-order valence-electron chi connectivity index (χ0n) is 10.9. The number of aromatic nitrogens is 1. The number of carboxylic acid groups (broad SMARTS) is 1. The van der Waals surface area contributed by atoms with Crippen molar-refractivity contribution < 1.29 is 14.6 Å². The van der Waals surface area contributed by atoms with E-state index in [1.54, 1.807) is 0 Å². The van der Waals surface area contributed by atoms with Crippen molar-refractivity contribution >= 4 is 16.9 Å². The summed E-state index contributed by atoms with van der Waals surface area (Å²) in [5.74, 6) is -0.744. The van der Waals surface area contributed by atoms with Crippen LogP contribution >= 0.6 is 0 Å². The van der Waals surface area contributed by atoms with Gasteiger partial charge in [0.15, 0.2) is 0 Å². The first-order valence-corrected chi connectivity index (χ1v) is 6.46. The molecule has 0 spiro atoms. The minimum Gasteiger partial charge on any atom is -0.481 e. The number of ether oxygens (including phenoxy) is 1. The quantitative estimate of drug-likeness (QED) is 0.916. The van der Waals surface area contributed by atoms with Gasteiger partial charge in [-0.15, -0.1) is 0 Å². The average Bonchev–Trinajstić information content (AvgIpc) is 2.67. The molecule has 100 valence electrons. The smallest absolute Gasteiger partial charge is 0.303 e. The summed E-state index contributed by atoms with van der Waals surface area (Å²) in [7, 11) is 2.02. The highest BCUT2D eigenvalue weighted by molar-refractivity contribution is 5.85. The van der Waals surface area contributed by atoms with Crippen molar-refractivity contribution in [2.24, 2.45) is 7.05 Å². The molecule has 0 amide bonds. The van der Waals surface area contributed by atoms with Crippen molar-refractivity contribution in [3.05, 3.63) is 36.0 Å². The molecule has 0 radical (unpaired) electrons.